The molecule has 2 fully saturated rings. The van der Waals surface area contributed by atoms with E-state index in [9.17, 15) is 5.11 Å². The maximum atomic E-state index is 10.2. The topological polar surface area (TPSA) is 33.9 Å². The van der Waals surface area contributed by atoms with Crippen LogP contribution in [-0.2, 0) is 4.74 Å². The molecule has 2 aliphatic rings. The number of aliphatic hydroxyl groups excluding tert-OH is 1. The third-order valence-electron chi connectivity index (χ3n) is 4.99. The average Bonchev–Trinajstić information content (AvgIpc) is 2.39. The number of quaternary nitrogens is 1. The Morgan fingerprint density at radius 1 is 1.16 bits per heavy atom. The van der Waals surface area contributed by atoms with Gasteiger partial charge in [-0.05, 0) is 44.9 Å². The molecule has 0 spiro atoms. The third kappa shape index (κ3) is 5.05. The highest BCUT2D eigenvalue weighted by Crippen LogP contribution is 2.25. The molecule has 1 aliphatic heterocycles. The van der Waals surface area contributed by atoms with Crippen molar-refractivity contribution in [1.82, 2.24) is 0 Å². The fourth-order valence-electron chi connectivity index (χ4n) is 3.69. The summed E-state index contributed by atoms with van der Waals surface area (Å²) in [5, 5.41) is 10.2. The summed E-state index contributed by atoms with van der Waals surface area (Å²) in [5.74, 6) is 0.795. The Kier molecular flexibility index (Phi) is 6.11. The maximum Gasteiger partial charge on any atom is 0.126 e. The largest absolute Gasteiger partial charge is 0.385 e. The number of nitrogens with one attached hydrogen (secondary N) is 1. The number of rotatable bonds is 5. The first-order valence-corrected chi connectivity index (χ1v) is 8.29. The molecule has 0 aromatic carbocycles. The normalized spacial score (nSPS) is 38.1. The van der Waals surface area contributed by atoms with Crippen molar-refractivity contribution in [2.75, 3.05) is 19.7 Å². The first-order chi connectivity index (χ1) is 9.15. The molecule has 19 heavy (non-hydrogen) atoms. The third-order valence-corrected chi connectivity index (χ3v) is 4.99. The van der Waals surface area contributed by atoms with Gasteiger partial charge in [0.1, 0.15) is 12.6 Å². The standard InChI is InChI=1S/C16H31NO2/c1-13-6-5-8-16(10-13)19-12-15(18)11-17-9-4-3-7-14(17)2/h13-16,18H,3-12H2,1-2H3/p+1/t13?,14-,15+,16?/m0/s1. The number of likely N-dealkylation sites (tertiary alicyclic amines) is 1. The van der Waals surface area contributed by atoms with Crippen molar-refractivity contribution in [1.29, 1.82) is 0 Å². The summed E-state index contributed by atoms with van der Waals surface area (Å²) >= 11 is 0. The smallest absolute Gasteiger partial charge is 0.126 e. The van der Waals surface area contributed by atoms with Crippen LogP contribution in [0.15, 0.2) is 0 Å². The molecule has 3 nitrogen and oxygen atoms in total. The van der Waals surface area contributed by atoms with Gasteiger partial charge >= 0.3 is 0 Å². The molecule has 2 rings (SSSR count). The molecule has 2 N–H and O–H groups in total. The van der Waals surface area contributed by atoms with Gasteiger partial charge in [-0.2, -0.15) is 0 Å². The molecule has 5 atom stereocenters. The van der Waals surface area contributed by atoms with Crippen LogP contribution in [0, 0.1) is 5.92 Å². The van der Waals surface area contributed by atoms with Gasteiger partial charge in [-0.25, -0.2) is 0 Å². The number of ether oxygens (including phenoxy) is 1. The summed E-state index contributed by atoms with van der Waals surface area (Å²) in [6.07, 6.45) is 9.09. The van der Waals surface area contributed by atoms with E-state index in [0.717, 1.165) is 12.5 Å². The minimum Gasteiger partial charge on any atom is -0.385 e. The molecule has 0 aromatic heterocycles. The van der Waals surface area contributed by atoms with Crippen LogP contribution in [0.4, 0.5) is 0 Å². The summed E-state index contributed by atoms with van der Waals surface area (Å²) in [4.78, 5) is 1.57. The Labute approximate surface area is 118 Å². The lowest BCUT2D eigenvalue weighted by Gasteiger charge is -2.32. The molecular weight excluding hydrogens is 238 g/mol. The van der Waals surface area contributed by atoms with Crippen LogP contribution in [0.1, 0.15) is 58.8 Å². The van der Waals surface area contributed by atoms with E-state index in [2.05, 4.69) is 13.8 Å². The van der Waals surface area contributed by atoms with Crippen LogP contribution in [0.5, 0.6) is 0 Å². The molecule has 0 radical (unpaired) electrons. The van der Waals surface area contributed by atoms with Crippen molar-refractivity contribution in [3.8, 4) is 0 Å². The second kappa shape index (κ2) is 7.61. The first-order valence-electron chi connectivity index (χ1n) is 8.29. The lowest BCUT2D eigenvalue weighted by atomic mass is 9.89. The molecule has 0 bridgehead atoms. The monoisotopic (exact) mass is 270 g/mol. The Morgan fingerprint density at radius 3 is 2.74 bits per heavy atom. The summed E-state index contributed by atoms with van der Waals surface area (Å²) in [5.41, 5.74) is 0. The fourth-order valence-corrected chi connectivity index (χ4v) is 3.69. The zero-order chi connectivity index (χ0) is 13.7. The Hall–Kier alpha value is -0.120. The van der Waals surface area contributed by atoms with Crippen molar-refractivity contribution in [2.45, 2.75) is 77.0 Å². The van der Waals surface area contributed by atoms with Gasteiger partial charge in [0.2, 0.25) is 0 Å². The van der Waals surface area contributed by atoms with Gasteiger partial charge in [0.05, 0.1) is 25.3 Å². The van der Waals surface area contributed by atoms with E-state index < -0.39 is 0 Å². The molecule has 3 heteroatoms. The zero-order valence-corrected chi connectivity index (χ0v) is 12.7. The van der Waals surface area contributed by atoms with Gasteiger partial charge < -0.3 is 14.7 Å². The Balaban J connectivity index is 1.64. The number of piperidine rings is 1. The van der Waals surface area contributed by atoms with Crippen molar-refractivity contribution >= 4 is 0 Å². The van der Waals surface area contributed by atoms with E-state index in [-0.39, 0.29) is 6.10 Å². The molecule has 0 aromatic rings. The average molecular weight is 270 g/mol. The molecule has 1 aliphatic carbocycles. The van der Waals surface area contributed by atoms with Gasteiger partial charge in [0.15, 0.2) is 0 Å². The highest BCUT2D eigenvalue weighted by Gasteiger charge is 2.25. The van der Waals surface area contributed by atoms with E-state index in [0.29, 0.717) is 18.8 Å². The number of hydrogen-bond donors (Lipinski definition) is 2. The molecular formula is C16H32NO2+. The molecule has 1 heterocycles. The Bertz CT molecular complexity index is 259. The Morgan fingerprint density at radius 2 is 2.00 bits per heavy atom. The SMILES string of the molecule is CC1CCCC(OC[C@H](O)C[NH+]2CCCC[C@@H]2C)C1. The van der Waals surface area contributed by atoms with E-state index in [1.165, 1.54) is 51.5 Å². The highest BCUT2D eigenvalue weighted by atomic mass is 16.5. The number of aliphatic hydroxyl groups is 1. The summed E-state index contributed by atoms with van der Waals surface area (Å²) in [6, 6.07) is 0.707. The first kappa shape index (κ1) is 15.3. The lowest BCUT2D eigenvalue weighted by molar-refractivity contribution is -0.931. The molecule has 0 amide bonds. The van der Waals surface area contributed by atoms with Gasteiger partial charge in [-0.1, -0.05) is 19.8 Å². The van der Waals surface area contributed by atoms with Crippen LogP contribution >= 0.6 is 0 Å². The molecule has 112 valence electrons. The van der Waals surface area contributed by atoms with Gasteiger partial charge in [-0.3, -0.25) is 0 Å². The summed E-state index contributed by atoms with van der Waals surface area (Å²) in [7, 11) is 0. The predicted octanol–water partition coefficient (Wildman–Crippen LogP) is 1.40. The van der Waals surface area contributed by atoms with Gasteiger partial charge in [0, 0.05) is 0 Å². The van der Waals surface area contributed by atoms with Crippen molar-refractivity contribution in [3.63, 3.8) is 0 Å². The van der Waals surface area contributed by atoms with Gasteiger partial charge in [-0.15, -0.1) is 0 Å². The van der Waals surface area contributed by atoms with Crippen LogP contribution in [0.25, 0.3) is 0 Å². The summed E-state index contributed by atoms with van der Waals surface area (Å²) < 4.78 is 5.93. The van der Waals surface area contributed by atoms with Crippen molar-refractivity contribution < 1.29 is 14.7 Å². The minimum atomic E-state index is -0.284. The zero-order valence-electron chi connectivity index (χ0n) is 12.7. The van der Waals surface area contributed by atoms with Crippen LogP contribution in [0.2, 0.25) is 0 Å². The molecule has 1 saturated heterocycles. The molecule has 1 saturated carbocycles. The second-order valence-corrected chi connectivity index (χ2v) is 6.89. The number of hydrogen-bond acceptors (Lipinski definition) is 2. The molecule has 3 unspecified atom stereocenters. The predicted molar refractivity (Wildman–Crippen MR) is 77.4 cm³/mol. The second-order valence-electron chi connectivity index (χ2n) is 6.89. The van der Waals surface area contributed by atoms with Crippen molar-refractivity contribution in [3.05, 3.63) is 0 Å². The fraction of sp³-hybridized carbons (Fsp3) is 1.00. The van der Waals surface area contributed by atoms with E-state index >= 15 is 0 Å². The quantitative estimate of drug-likeness (QED) is 0.792. The van der Waals surface area contributed by atoms with E-state index in [1.807, 2.05) is 0 Å². The van der Waals surface area contributed by atoms with Crippen LogP contribution < -0.4 is 4.90 Å². The van der Waals surface area contributed by atoms with Crippen LogP contribution in [0.3, 0.4) is 0 Å². The van der Waals surface area contributed by atoms with Gasteiger partial charge in [0.25, 0.3) is 0 Å². The van der Waals surface area contributed by atoms with E-state index in [1.54, 1.807) is 4.90 Å². The summed E-state index contributed by atoms with van der Waals surface area (Å²) in [6.45, 7) is 7.24. The highest BCUT2D eigenvalue weighted by molar-refractivity contribution is 4.71. The van der Waals surface area contributed by atoms with E-state index in [4.69, 9.17) is 4.74 Å². The minimum absolute atomic E-state index is 0.284. The lowest BCUT2D eigenvalue weighted by Crippen LogP contribution is -3.17. The van der Waals surface area contributed by atoms with Crippen molar-refractivity contribution in [2.24, 2.45) is 5.92 Å². The van der Waals surface area contributed by atoms with Crippen LogP contribution in [-0.4, -0.2) is 43.1 Å². The maximum absolute atomic E-state index is 10.2.